The second-order valence-electron chi connectivity index (χ2n) is 5.66. The van der Waals surface area contributed by atoms with E-state index in [1.165, 1.54) is 0 Å². The van der Waals surface area contributed by atoms with Crippen LogP contribution in [0.3, 0.4) is 0 Å². The third-order valence-corrected chi connectivity index (χ3v) is 5.16. The number of carbonyl (C=O) groups is 2. The highest BCUT2D eigenvalue weighted by Gasteiger charge is 2.35. The third kappa shape index (κ3) is 4.19. The van der Waals surface area contributed by atoms with Crippen molar-refractivity contribution in [3.8, 4) is 5.75 Å². The smallest absolute Gasteiger partial charge is 0.243 e. The fourth-order valence-electron chi connectivity index (χ4n) is 2.48. The number of nitrogens with zero attached hydrogens (tertiary/aromatic N) is 1. The lowest BCUT2D eigenvalue weighted by molar-refractivity contribution is -0.140. The van der Waals surface area contributed by atoms with Gasteiger partial charge in [0, 0.05) is 23.8 Å². The molecule has 1 saturated heterocycles. The van der Waals surface area contributed by atoms with Crippen LogP contribution in [0.25, 0.3) is 0 Å². The molecule has 2 amide bonds. The van der Waals surface area contributed by atoms with Crippen molar-refractivity contribution in [3.63, 3.8) is 0 Å². The summed E-state index contributed by atoms with van der Waals surface area (Å²) in [7, 11) is 1.61. The largest absolute Gasteiger partial charge is 0.496 e. The van der Waals surface area contributed by atoms with Crippen LogP contribution in [0.2, 0.25) is 0 Å². The number of thioether (sulfide) groups is 1. The van der Waals surface area contributed by atoms with Gasteiger partial charge in [0.2, 0.25) is 11.8 Å². The average molecular weight is 336 g/mol. The number of hydrogen-bond acceptors (Lipinski definition) is 4. The Morgan fingerprint density at radius 3 is 2.87 bits per heavy atom. The number of amides is 2. The summed E-state index contributed by atoms with van der Waals surface area (Å²) in [6.45, 7) is 4.30. The number of para-hydroxylation sites is 1. The average Bonchev–Trinajstić information content (AvgIpc) is 3.08. The third-order valence-electron chi connectivity index (χ3n) is 4.15. The van der Waals surface area contributed by atoms with Gasteiger partial charge >= 0.3 is 0 Å². The van der Waals surface area contributed by atoms with Gasteiger partial charge in [-0.05, 0) is 12.5 Å². The number of ether oxygens (including phenoxy) is 1. The molecule has 1 heterocycles. The second-order valence-corrected chi connectivity index (χ2v) is 6.66. The molecular weight excluding hydrogens is 312 g/mol. The molecular formula is C17H24N2O3S. The van der Waals surface area contributed by atoms with Gasteiger partial charge in [-0.3, -0.25) is 9.59 Å². The van der Waals surface area contributed by atoms with Gasteiger partial charge in [-0.25, -0.2) is 0 Å². The van der Waals surface area contributed by atoms with Gasteiger partial charge in [0.15, 0.2) is 0 Å². The Morgan fingerprint density at radius 2 is 2.17 bits per heavy atom. The lowest BCUT2D eigenvalue weighted by Crippen LogP contribution is -2.48. The zero-order chi connectivity index (χ0) is 16.8. The minimum absolute atomic E-state index is 0.0433. The first-order chi connectivity index (χ1) is 11.1. The normalized spacial score (nSPS) is 18.6. The molecule has 23 heavy (non-hydrogen) atoms. The van der Waals surface area contributed by atoms with Crippen LogP contribution in [0.4, 0.5) is 0 Å². The molecule has 0 aliphatic carbocycles. The quantitative estimate of drug-likeness (QED) is 0.866. The minimum atomic E-state index is -0.379. The Hall–Kier alpha value is -1.69. The first kappa shape index (κ1) is 17.7. The highest BCUT2D eigenvalue weighted by atomic mass is 32.2. The Balaban J connectivity index is 1.98. The summed E-state index contributed by atoms with van der Waals surface area (Å²) in [4.78, 5) is 26.6. The number of nitrogens with one attached hydrogen (secondary N) is 1. The second kappa shape index (κ2) is 8.24. The zero-order valence-electron chi connectivity index (χ0n) is 13.9. The predicted molar refractivity (Wildman–Crippen MR) is 92.3 cm³/mol. The van der Waals surface area contributed by atoms with Crippen molar-refractivity contribution in [1.82, 2.24) is 10.2 Å². The van der Waals surface area contributed by atoms with E-state index in [0.717, 1.165) is 17.7 Å². The number of carbonyl (C=O) groups excluding carboxylic acids is 2. The van der Waals surface area contributed by atoms with Gasteiger partial charge in [-0.2, -0.15) is 0 Å². The molecule has 1 aromatic carbocycles. The minimum Gasteiger partial charge on any atom is -0.496 e. The highest BCUT2D eigenvalue weighted by molar-refractivity contribution is 7.99. The van der Waals surface area contributed by atoms with E-state index in [2.05, 4.69) is 5.32 Å². The molecule has 0 spiro atoms. The van der Waals surface area contributed by atoms with Crippen molar-refractivity contribution in [3.05, 3.63) is 29.8 Å². The Labute approximate surface area is 141 Å². The molecule has 2 rings (SSSR count). The van der Waals surface area contributed by atoms with Crippen molar-refractivity contribution in [2.24, 2.45) is 5.92 Å². The Bertz CT molecular complexity index is 565. The fourth-order valence-corrected chi connectivity index (χ4v) is 3.65. The van der Waals surface area contributed by atoms with Crippen LogP contribution in [0.5, 0.6) is 5.75 Å². The summed E-state index contributed by atoms with van der Waals surface area (Å²) in [6, 6.07) is 7.21. The molecule has 6 heteroatoms. The molecule has 0 radical (unpaired) electrons. The van der Waals surface area contributed by atoms with Crippen molar-refractivity contribution in [2.75, 3.05) is 18.7 Å². The molecule has 5 nitrogen and oxygen atoms in total. The van der Waals surface area contributed by atoms with E-state index in [0.29, 0.717) is 18.2 Å². The summed E-state index contributed by atoms with van der Waals surface area (Å²) >= 11 is 1.62. The van der Waals surface area contributed by atoms with Crippen LogP contribution >= 0.6 is 11.8 Å². The molecule has 126 valence electrons. The van der Waals surface area contributed by atoms with Crippen molar-refractivity contribution >= 4 is 23.6 Å². The van der Waals surface area contributed by atoms with Gasteiger partial charge in [0.1, 0.15) is 11.8 Å². The van der Waals surface area contributed by atoms with Crippen molar-refractivity contribution < 1.29 is 14.3 Å². The first-order valence-corrected chi connectivity index (χ1v) is 9.01. The monoisotopic (exact) mass is 336 g/mol. The summed E-state index contributed by atoms with van der Waals surface area (Å²) in [6.07, 6.45) is 0.787. The van der Waals surface area contributed by atoms with Crippen LogP contribution in [-0.4, -0.2) is 41.5 Å². The van der Waals surface area contributed by atoms with E-state index in [1.807, 2.05) is 38.1 Å². The molecule has 1 aliphatic heterocycles. The predicted octanol–water partition coefficient (Wildman–Crippen LogP) is 2.26. The molecule has 0 bridgehead atoms. The van der Waals surface area contributed by atoms with Crippen LogP contribution in [0, 0.1) is 5.92 Å². The molecule has 1 aromatic rings. The van der Waals surface area contributed by atoms with E-state index < -0.39 is 0 Å². The van der Waals surface area contributed by atoms with E-state index >= 15 is 0 Å². The summed E-state index contributed by atoms with van der Waals surface area (Å²) in [5.74, 6) is 1.92. The van der Waals surface area contributed by atoms with E-state index in [1.54, 1.807) is 23.8 Å². The Kier molecular flexibility index (Phi) is 6.33. The van der Waals surface area contributed by atoms with E-state index in [4.69, 9.17) is 4.74 Å². The van der Waals surface area contributed by atoms with Gasteiger partial charge in [0.25, 0.3) is 0 Å². The molecule has 1 N–H and O–H groups in total. The summed E-state index contributed by atoms with van der Waals surface area (Å²) < 4.78 is 5.29. The van der Waals surface area contributed by atoms with Crippen molar-refractivity contribution in [1.29, 1.82) is 0 Å². The number of benzene rings is 1. The lowest BCUT2D eigenvalue weighted by atomic mass is 10.1. The number of hydrogen-bond donors (Lipinski definition) is 1. The topological polar surface area (TPSA) is 58.6 Å². The van der Waals surface area contributed by atoms with Crippen LogP contribution < -0.4 is 10.1 Å². The van der Waals surface area contributed by atoms with E-state index in [-0.39, 0.29) is 23.8 Å². The SMILES string of the molecule is CC[C@H](C)C(=O)N1CSC[C@@H]1C(=O)NCc1ccccc1OC. The Morgan fingerprint density at radius 1 is 1.43 bits per heavy atom. The maximum absolute atomic E-state index is 12.5. The fraction of sp³-hybridized carbons (Fsp3) is 0.529. The molecule has 0 aromatic heterocycles. The molecule has 0 saturated carbocycles. The highest BCUT2D eigenvalue weighted by Crippen LogP contribution is 2.24. The van der Waals surface area contributed by atoms with Gasteiger partial charge in [-0.1, -0.05) is 32.0 Å². The maximum atomic E-state index is 12.5. The van der Waals surface area contributed by atoms with Crippen LogP contribution in [0.1, 0.15) is 25.8 Å². The van der Waals surface area contributed by atoms with Crippen LogP contribution in [0.15, 0.2) is 24.3 Å². The number of methoxy groups -OCH3 is 1. The standard InChI is InChI=1S/C17H24N2O3S/c1-4-12(2)17(21)19-11-23-10-14(19)16(20)18-9-13-7-5-6-8-15(13)22-3/h5-8,12,14H,4,9-11H2,1-3H3,(H,18,20)/t12-,14+/m0/s1. The molecule has 1 fully saturated rings. The zero-order valence-corrected chi connectivity index (χ0v) is 14.7. The molecule has 1 aliphatic rings. The molecule has 0 unspecified atom stereocenters. The first-order valence-electron chi connectivity index (χ1n) is 7.86. The van der Waals surface area contributed by atoms with Gasteiger partial charge in [0.05, 0.1) is 13.0 Å². The van der Waals surface area contributed by atoms with Crippen molar-refractivity contribution in [2.45, 2.75) is 32.9 Å². The summed E-state index contributed by atoms with van der Waals surface area (Å²) in [5.41, 5.74) is 0.925. The maximum Gasteiger partial charge on any atom is 0.243 e. The molecule has 2 atom stereocenters. The number of rotatable bonds is 6. The van der Waals surface area contributed by atoms with Gasteiger partial charge in [-0.15, -0.1) is 11.8 Å². The van der Waals surface area contributed by atoms with Crippen LogP contribution in [-0.2, 0) is 16.1 Å². The lowest BCUT2D eigenvalue weighted by Gasteiger charge is -2.25. The summed E-state index contributed by atoms with van der Waals surface area (Å²) in [5, 5.41) is 2.93. The van der Waals surface area contributed by atoms with Gasteiger partial charge < -0.3 is 15.0 Å². The van der Waals surface area contributed by atoms with E-state index in [9.17, 15) is 9.59 Å².